The zero-order valence-corrected chi connectivity index (χ0v) is 8.29. The van der Waals surface area contributed by atoms with E-state index in [2.05, 4.69) is 4.98 Å². The van der Waals surface area contributed by atoms with E-state index in [1.165, 1.54) is 0 Å². The SMILES string of the molecule is CC(CCN)Oc1ccc(Cl)cn1. The second-order valence-electron chi connectivity index (χ2n) is 2.82. The molecule has 0 fully saturated rings. The largest absolute Gasteiger partial charge is 0.475 e. The molecule has 0 saturated carbocycles. The Morgan fingerprint density at radius 2 is 2.38 bits per heavy atom. The van der Waals surface area contributed by atoms with Crippen LogP contribution < -0.4 is 10.5 Å². The zero-order valence-electron chi connectivity index (χ0n) is 7.53. The summed E-state index contributed by atoms with van der Waals surface area (Å²) in [6.07, 6.45) is 2.48. The number of nitrogens with zero attached hydrogens (tertiary/aromatic N) is 1. The molecule has 1 unspecified atom stereocenters. The van der Waals surface area contributed by atoms with Gasteiger partial charge in [-0.3, -0.25) is 0 Å². The van der Waals surface area contributed by atoms with Crippen LogP contribution in [0.2, 0.25) is 5.02 Å². The monoisotopic (exact) mass is 200 g/mol. The van der Waals surface area contributed by atoms with E-state index in [1.54, 1.807) is 18.3 Å². The van der Waals surface area contributed by atoms with Gasteiger partial charge in [-0.1, -0.05) is 11.6 Å². The number of nitrogens with two attached hydrogens (primary N) is 1. The first-order valence-corrected chi connectivity index (χ1v) is 4.58. The van der Waals surface area contributed by atoms with Crippen molar-refractivity contribution < 1.29 is 4.74 Å². The van der Waals surface area contributed by atoms with E-state index in [0.717, 1.165) is 6.42 Å². The van der Waals surface area contributed by atoms with Crippen molar-refractivity contribution in [3.8, 4) is 5.88 Å². The molecular formula is C9H13ClN2O. The minimum Gasteiger partial charge on any atom is -0.475 e. The molecule has 0 aliphatic carbocycles. The molecule has 1 aromatic heterocycles. The number of halogens is 1. The van der Waals surface area contributed by atoms with Crippen LogP contribution in [0.1, 0.15) is 13.3 Å². The minimum atomic E-state index is 0.0960. The molecule has 1 aromatic rings. The second kappa shape index (κ2) is 5.04. The minimum absolute atomic E-state index is 0.0960. The number of aromatic nitrogens is 1. The van der Waals surface area contributed by atoms with Crippen molar-refractivity contribution in [1.29, 1.82) is 0 Å². The quantitative estimate of drug-likeness (QED) is 0.807. The molecular weight excluding hydrogens is 188 g/mol. The Kier molecular flexibility index (Phi) is 3.99. The topological polar surface area (TPSA) is 48.1 Å². The molecule has 0 radical (unpaired) electrons. The molecule has 0 spiro atoms. The summed E-state index contributed by atoms with van der Waals surface area (Å²) in [5.74, 6) is 0.588. The Hall–Kier alpha value is -0.800. The van der Waals surface area contributed by atoms with Gasteiger partial charge in [-0.2, -0.15) is 0 Å². The third-order valence-corrected chi connectivity index (χ3v) is 1.82. The molecule has 0 aliphatic heterocycles. The van der Waals surface area contributed by atoms with Crippen molar-refractivity contribution >= 4 is 11.6 Å². The number of hydrogen-bond acceptors (Lipinski definition) is 3. The predicted molar refractivity (Wildman–Crippen MR) is 53.0 cm³/mol. The maximum atomic E-state index is 5.67. The van der Waals surface area contributed by atoms with Gasteiger partial charge in [0.2, 0.25) is 5.88 Å². The van der Waals surface area contributed by atoms with Crippen molar-refractivity contribution in [2.45, 2.75) is 19.4 Å². The third kappa shape index (κ3) is 3.61. The molecule has 1 heterocycles. The number of pyridine rings is 1. The first-order valence-electron chi connectivity index (χ1n) is 4.20. The van der Waals surface area contributed by atoms with E-state index in [4.69, 9.17) is 22.1 Å². The summed E-state index contributed by atoms with van der Waals surface area (Å²) in [7, 11) is 0. The van der Waals surface area contributed by atoms with Crippen molar-refractivity contribution in [1.82, 2.24) is 4.98 Å². The average Bonchev–Trinajstić information content (AvgIpc) is 2.09. The molecule has 3 nitrogen and oxygen atoms in total. The highest BCUT2D eigenvalue weighted by atomic mass is 35.5. The van der Waals surface area contributed by atoms with Crippen LogP contribution in [0.4, 0.5) is 0 Å². The lowest BCUT2D eigenvalue weighted by Gasteiger charge is -2.12. The van der Waals surface area contributed by atoms with Crippen molar-refractivity contribution in [2.75, 3.05) is 6.54 Å². The standard InChI is InChI=1S/C9H13ClN2O/c1-7(4-5-11)13-9-3-2-8(10)6-12-9/h2-3,6-7H,4-5,11H2,1H3. The van der Waals surface area contributed by atoms with Gasteiger partial charge >= 0.3 is 0 Å². The van der Waals surface area contributed by atoms with Gasteiger partial charge in [0.05, 0.1) is 11.1 Å². The maximum absolute atomic E-state index is 5.67. The zero-order chi connectivity index (χ0) is 9.68. The summed E-state index contributed by atoms with van der Waals surface area (Å²) in [5, 5.41) is 0.610. The molecule has 72 valence electrons. The molecule has 0 amide bonds. The summed E-state index contributed by atoms with van der Waals surface area (Å²) in [5.41, 5.74) is 5.39. The first-order chi connectivity index (χ1) is 6.22. The molecule has 13 heavy (non-hydrogen) atoms. The smallest absolute Gasteiger partial charge is 0.213 e. The number of rotatable bonds is 4. The van der Waals surface area contributed by atoms with E-state index in [-0.39, 0.29) is 6.10 Å². The van der Waals surface area contributed by atoms with Crippen LogP contribution >= 0.6 is 11.6 Å². The van der Waals surface area contributed by atoms with E-state index in [9.17, 15) is 0 Å². The van der Waals surface area contributed by atoms with Gasteiger partial charge in [-0.25, -0.2) is 4.98 Å². The van der Waals surface area contributed by atoms with Crippen LogP contribution in [-0.2, 0) is 0 Å². The highest BCUT2D eigenvalue weighted by Crippen LogP contribution is 2.13. The lowest BCUT2D eigenvalue weighted by Crippen LogP contribution is -2.17. The van der Waals surface area contributed by atoms with E-state index in [1.807, 2.05) is 6.92 Å². The van der Waals surface area contributed by atoms with Gasteiger partial charge in [-0.15, -0.1) is 0 Å². The summed E-state index contributed by atoms with van der Waals surface area (Å²) < 4.78 is 5.46. The number of ether oxygens (including phenoxy) is 1. The van der Waals surface area contributed by atoms with Crippen LogP contribution in [0.25, 0.3) is 0 Å². The molecule has 0 bridgehead atoms. The van der Waals surface area contributed by atoms with E-state index < -0.39 is 0 Å². The van der Waals surface area contributed by atoms with Crippen molar-refractivity contribution in [2.24, 2.45) is 5.73 Å². The normalized spacial score (nSPS) is 12.5. The predicted octanol–water partition coefficient (Wildman–Crippen LogP) is 1.85. The van der Waals surface area contributed by atoms with Crippen LogP contribution in [0, 0.1) is 0 Å². The van der Waals surface area contributed by atoms with Crippen LogP contribution in [0.3, 0.4) is 0 Å². The van der Waals surface area contributed by atoms with Gasteiger partial charge in [0, 0.05) is 12.3 Å². The highest BCUT2D eigenvalue weighted by molar-refractivity contribution is 6.30. The van der Waals surface area contributed by atoms with Crippen molar-refractivity contribution in [3.05, 3.63) is 23.4 Å². The van der Waals surface area contributed by atoms with E-state index in [0.29, 0.717) is 17.4 Å². The van der Waals surface area contributed by atoms with Gasteiger partial charge in [0.25, 0.3) is 0 Å². The number of hydrogen-bond donors (Lipinski definition) is 1. The third-order valence-electron chi connectivity index (χ3n) is 1.60. The Labute approximate surface area is 82.9 Å². The fourth-order valence-electron chi connectivity index (χ4n) is 0.932. The molecule has 0 saturated heterocycles. The second-order valence-corrected chi connectivity index (χ2v) is 3.26. The van der Waals surface area contributed by atoms with Gasteiger partial charge in [-0.05, 0) is 26.0 Å². The van der Waals surface area contributed by atoms with Crippen LogP contribution in [0.5, 0.6) is 5.88 Å². The molecule has 0 aromatic carbocycles. The Bertz CT molecular complexity index is 250. The highest BCUT2D eigenvalue weighted by Gasteiger charge is 2.02. The Balaban J connectivity index is 2.49. The first kappa shape index (κ1) is 10.3. The fraction of sp³-hybridized carbons (Fsp3) is 0.444. The molecule has 1 rings (SSSR count). The average molecular weight is 201 g/mol. The lowest BCUT2D eigenvalue weighted by atomic mass is 10.3. The van der Waals surface area contributed by atoms with Gasteiger partial charge < -0.3 is 10.5 Å². The molecule has 2 N–H and O–H groups in total. The van der Waals surface area contributed by atoms with Crippen LogP contribution in [-0.4, -0.2) is 17.6 Å². The summed E-state index contributed by atoms with van der Waals surface area (Å²) in [6.45, 7) is 2.58. The van der Waals surface area contributed by atoms with Crippen molar-refractivity contribution in [3.63, 3.8) is 0 Å². The summed E-state index contributed by atoms with van der Waals surface area (Å²) in [4.78, 5) is 4.01. The van der Waals surface area contributed by atoms with Crippen LogP contribution in [0.15, 0.2) is 18.3 Å². The molecule has 1 atom stereocenters. The summed E-state index contributed by atoms with van der Waals surface area (Å²) in [6, 6.07) is 3.49. The Morgan fingerprint density at radius 3 is 2.92 bits per heavy atom. The van der Waals surface area contributed by atoms with E-state index >= 15 is 0 Å². The Morgan fingerprint density at radius 1 is 1.62 bits per heavy atom. The molecule has 0 aliphatic rings. The fourth-order valence-corrected chi connectivity index (χ4v) is 1.04. The van der Waals surface area contributed by atoms with Gasteiger partial charge in [0.1, 0.15) is 0 Å². The lowest BCUT2D eigenvalue weighted by molar-refractivity contribution is 0.205. The maximum Gasteiger partial charge on any atom is 0.213 e. The summed E-state index contributed by atoms with van der Waals surface area (Å²) >= 11 is 5.67. The molecule has 4 heteroatoms. The van der Waals surface area contributed by atoms with Gasteiger partial charge in [0.15, 0.2) is 0 Å².